The lowest BCUT2D eigenvalue weighted by Gasteiger charge is -2.05. The van der Waals surface area contributed by atoms with E-state index < -0.39 is 0 Å². The molecule has 0 spiro atoms. The minimum absolute atomic E-state index is 0.539. The van der Waals surface area contributed by atoms with Crippen LogP contribution in [0, 0.1) is 47.2 Å². The fourth-order valence-electron chi connectivity index (χ4n) is 4.02. The Morgan fingerprint density at radius 1 is 0.923 bits per heavy atom. The molecular weight excluding hydrogens is 873 g/mol. The van der Waals surface area contributed by atoms with Crippen LogP contribution in [0.4, 0.5) is 0 Å². The lowest BCUT2D eigenvalue weighted by Crippen LogP contribution is -2.04. The third kappa shape index (κ3) is 9.02. The van der Waals surface area contributed by atoms with Gasteiger partial charge in [-0.15, -0.1) is 11.6 Å². The highest BCUT2D eigenvalue weighted by Crippen LogP contribution is 2.34. The Labute approximate surface area is 279 Å². The Hall–Kier alpha value is -0.450. The van der Waals surface area contributed by atoms with Gasteiger partial charge in [0.2, 0.25) is 0 Å². The third-order valence-corrected chi connectivity index (χ3v) is 10.1. The number of hydrogen-bond donors (Lipinski definition) is 1. The minimum Gasteiger partial charge on any atom is -0.338 e. The van der Waals surface area contributed by atoms with Gasteiger partial charge in [-0.1, -0.05) is 0 Å². The normalized spacial score (nSPS) is 14.6. The number of halogens is 5. The van der Waals surface area contributed by atoms with Crippen LogP contribution in [0.25, 0.3) is 0 Å². The molecule has 0 amide bonds. The molecule has 2 aliphatic rings. The molecule has 2 saturated carbocycles. The van der Waals surface area contributed by atoms with Crippen LogP contribution in [-0.2, 0) is 25.5 Å². The number of aromatic nitrogens is 8. The molecule has 0 bridgehead atoms. The summed E-state index contributed by atoms with van der Waals surface area (Å²) in [6, 6.07) is 0. The van der Waals surface area contributed by atoms with E-state index in [9.17, 15) is 0 Å². The van der Waals surface area contributed by atoms with Crippen molar-refractivity contribution in [2.45, 2.75) is 78.9 Å². The Morgan fingerprint density at radius 2 is 1.46 bits per heavy atom. The lowest BCUT2D eigenvalue weighted by atomic mass is 10.2. The predicted molar refractivity (Wildman–Crippen MR) is 179 cm³/mol. The maximum absolute atomic E-state index is 5.82. The standard InChI is InChI=1S/C13H16BrIN4.C9H12BrClN2.C4H5IN2/c1-8-5-18(13(15)16-8)7-11-9(2)17-19(12(11)14)6-10-3-4-10;1-6-8(4-11)9(10)13(12-6)5-7-2-3-7;1-3-2-6-4(5)7-3/h5,10H,3-4,6-7H2,1-2H3;7H,2-5H2,1H3;2H,1H3,(H,6,7). The summed E-state index contributed by atoms with van der Waals surface area (Å²) in [7, 11) is 0. The molecule has 0 atom stereocenters. The third-order valence-electron chi connectivity index (χ3n) is 6.60. The Bertz CT molecular complexity index is 1380. The highest BCUT2D eigenvalue weighted by Gasteiger charge is 2.25. The number of imidazole rings is 2. The van der Waals surface area contributed by atoms with Gasteiger partial charge in [0.15, 0.2) is 7.66 Å². The Morgan fingerprint density at radius 3 is 1.82 bits per heavy atom. The van der Waals surface area contributed by atoms with Crippen molar-refractivity contribution in [3.05, 3.63) is 63.2 Å². The molecule has 0 aliphatic heterocycles. The first-order valence-corrected chi connectivity index (χ1v) is 17.2. The smallest absolute Gasteiger partial charge is 0.171 e. The van der Waals surface area contributed by atoms with E-state index >= 15 is 0 Å². The van der Waals surface area contributed by atoms with Crippen LogP contribution in [-0.4, -0.2) is 39.1 Å². The molecule has 4 aromatic heterocycles. The molecule has 8 nitrogen and oxygen atoms in total. The van der Waals surface area contributed by atoms with Gasteiger partial charge in [-0.2, -0.15) is 10.2 Å². The van der Waals surface area contributed by atoms with E-state index in [2.05, 4.69) is 125 Å². The van der Waals surface area contributed by atoms with Crippen molar-refractivity contribution in [2.24, 2.45) is 11.8 Å². The molecule has 2 fully saturated rings. The number of nitrogens with zero attached hydrogens (tertiary/aromatic N) is 7. The fraction of sp³-hybridized carbons (Fsp3) is 0.538. The van der Waals surface area contributed by atoms with Gasteiger partial charge in [0.1, 0.15) is 9.21 Å². The molecule has 1 N–H and O–H groups in total. The van der Waals surface area contributed by atoms with Crippen molar-refractivity contribution in [1.82, 2.24) is 39.1 Å². The molecule has 6 rings (SSSR count). The van der Waals surface area contributed by atoms with E-state index in [0.717, 1.165) is 76.7 Å². The first-order valence-electron chi connectivity index (χ1n) is 12.9. The van der Waals surface area contributed by atoms with Gasteiger partial charge in [0, 0.05) is 42.3 Å². The highest BCUT2D eigenvalue weighted by atomic mass is 127. The molecule has 4 heterocycles. The van der Waals surface area contributed by atoms with Crippen LogP contribution in [0.1, 0.15) is 59.6 Å². The quantitative estimate of drug-likeness (QED) is 0.151. The summed E-state index contributed by atoms with van der Waals surface area (Å²) in [4.78, 5) is 11.4. The molecule has 13 heteroatoms. The molecule has 212 valence electrons. The average Bonchev–Trinajstić information content (AvgIpc) is 3.77. The molecular formula is C26H33Br2ClI2N8. The largest absolute Gasteiger partial charge is 0.338 e. The van der Waals surface area contributed by atoms with Gasteiger partial charge in [0.25, 0.3) is 0 Å². The van der Waals surface area contributed by atoms with Crippen molar-refractivity contribution >= 4 is 88.6 Å². The summed E-state index contributed by atoms with van der Waals surface area (Å²) < 4.78 is 10.5. The van der Waals surface area contributed by atoms with Crippen LogP contribution >= 0.6 is 88.6 Å². The maximum Gasteiger partial charge on any atom is 0.171 e. The summed E-state index contributed by atoms with van der Waals surface area (Å²) >= 11 is 17.5. The first-order chi connectivity index (χ1) is 18.5. The number of alkyl halides is 1. The Balaban J connectivity index is 0.000000152. The fourth-order valence-corrected chi connectivity index (χ4v) is 7.05. The molecule has 0 unspecified atom stereocenters. The van der Waals surface area contributed by atoms with Gasteiger partial charge in [-0.05, 0) is 142 Å². The average molecular weight is 907 g/mol. The lowest BCUT2D eigenvalue weighted by molar-refractivity contribution is 0.549. The number of rotatable bonds is 7. The van der Waals surface area contributed by atoms with Crippen molar-refractivity contribution < 1.29 is 0 Å². The molecule has 4 aromatic rings. The summed E-state index contributed by atoms with van der Waals surface area (Å²) in [6.45, 7) is 11.0. The number of hydrogen-bond acceptors (Lipinski definition) is 4. The van der Waals surface area contributed by atoms with E-state index in [-0.39, 0.29) is 0 Å². The summed E-state index contributed by atoms with van der Waals surface area (Å²) in [5.41, 5.74) is 6.71. The second kappa shape index (κ2) is 14.1. The van der Waals surface area contributed by atoms with Gasteiger partial charge >= 0.3 is 0 Å². The highest BCUT2D eigenvalue weighted by molar-refractivity contribution is 14.1. The van der Waals surface area contributed by atoms with Gasteiger partial charge in [-0.25, -0.2) is 9.97 Å². The molecule has 0 radical (unpaired) electrons. The molecule has 2 aliphatic carbocycles. The zero-order chi connectivity index (χ0) is 28.3. The van der Waals surface area contributed by atoms with E-state index in [0.29, 0.717) is 5.88 Å². The van der Waals surface area contributed by atoms with Crippen LogP contribution < -0.4 is 0 Å². The SMILES string of the molecule is Cc1cn(Cc2c(C)nn(CC3CC3)c2Br)c(I)n1.Cc1cnc(I)[nH]1.Cc1nn(CC2CC2)c(Br)c1CCl. The van der Waals surface area contributed by atoms with Gasteiger partial charge in [0.05, 0.1) is 29.5 Å². The second-order valence-corrected chi connectivity index (χ2v) is 14.0. The molecule has 0 aromatic carbocycles. The number of aryl methyl sites for hydroxylation is 4. The number of nitrogens with one attached hydrogen (secondary N) is 1. The molecule has 0 saturated heterocycles. The van der Waals surface area contributed by atoms with E-state index in [1.54, 1.807) is 0 Å². The predicted octanol–water partition coefficient (Wildman–Crippen LogP) is 7.95. The van der Waals surface area contributed by atoms with E-state index in [1.807, 2.05) is 31.6 Å². The second-order valence-electron chi connectivity index (χ2n) is 10.2. The van der Waals surface area contributed by atoms with Crippen molar-refractivity contribution in [3.8, 4) is 0 Å². The van der Waals surface area contributed by atoms with E-state index in [1.165, 1.54) is 31.2 Å². The van der Waals surface area contributed by atoms with Gasteiger partial charge in [-0.3, -0.25) is 9.36 Å². The maximum atomic E-state index is 5.82. The summed E-state index contributed by atoms with van der Waals surface area (Å²) in [6.07, 6.45) is 9.29. The Kier molecular flexibility index (Phi) is 11.4. The van der Waals surface area contributed by atoms with Gasteiger partial charge < -0.3 is 9.55 Å². The summed E-state index contributed by atoms with van der Waals surface area (Å²) in [5.74, 6) is 2.22. The van der Waals surface area contributed by atoms with Crippen LogP contribution in [0.2, 0.25) is 0 Å². The number of H-pyrrole nitrogens is 1. The van der Waals surface area contributed by atoms with Crippen molar-refractivity contribution in [1.29, 1.82) is 0 Å². The zero-order valence-corrected chi connectivity index (χ0v) is 30.7. The zero-order valence-electron chi connectivity index (χ0n) is 22.5. The summed E-state index contributed by atoms with van der Waals surface area (Å²) in [5, 5.41) is 9.10. The monoisotopic (exact) mass is 904 g/mol. The number of aromatic amines is 1. The molecule has 39 heavy (non-hydrogen) atoms. The van der Waals surface area contributed by atoms with Crippen molar-refractivity contribution in [3.63, 3.8) is 0 Å². The van der Waals surface area contributed by atoms with Crippen LogP contribution in [0.3, 0.4) is 0 Å². The topological polar surface area (TPSA) is 82.1 Å². The first kappa shape index (κ1) is 31.5. The van der Waals surface area contributed by atoms with E-state index in [4.69, 9.17) is 11.6 Å². The van der Waals surface area contributed by atoms with Crippen molar-refractivity contribution in [2.75, 3.05) is 0 Å². The minimum atomic E-state index is 0.539. The van der Waals surface area contributed by atoms with Crippen LogP contribution in [0.15, 0.2) is 21.6 Å². The van der Waals surface area contributed by atoms with Crippen LogP contribution in [0.5, 0.6) is 0 Å².